The summed E-state index contributed by atoms with van der Waals surface area (Å²) in [5.41, 5.74) is 2.56. The first-order chi connectivity index (χ1) is 8.59. The van der Waals surface area contributed by atoms with E-state index in [1.165, 1.54) is 22.3 Å². The molecule has 0 aliphatic carbocycles. The first-order valence-corrected chi connectivity index (χ1v) is 6.89. The number of halogens is 2. The average molecular weight is 329 g/mol. The lowest BCUT2D eigenvalue weighted by molar-refractivity contribution is 0.0779. The van der Waals surface area contributed by atoms with E-state index in [2.05, 4.69) is 20.9 Å². The van der Waals surface area contributed by atoms with Crippen molar-refractivity contribution in [3.05, 3.63) is 50.6 Å². The molecule has 0 atom stereocenters. The topological polar surface area (TPSA) is 33.2 Å². The highest BCUT2D eigenvalue weighted by Gasteiger charge is 2.18. The maximum Gasteiger partial charge on any atom is 0.256 e. The summed E-state index contributed by atoms with van der Waals surface area (Å²) in [6.07, 6.45) is 0. The molecule has 1 heterocycles. The lowest BCUT2D eigenvalue weighted by Gasteiger charge is -2.16. The van der Waals surface area contributed by atoms with Gasteiger partial charge in [-0.05, 0) is 28.1 Å². The highest BCUT2D eigenvalue weighted by Crippen LogP contribution is 2.20. The van der Waals surface area contributed by atoms with Crippen LogP contribution in [0.4, 0.5) is 4.39 Å². The molecule has 1 aromatic carbocycles. The molecule has 94 valence electrons. The van der Waals surface area contributed by atoms with Crippen molar-refractivity contribution in [1.82, 2.24) is 9.88 Å². The average Bonchev–Trinajstić information content (AvgIpc) is 2.84. The fourth-order valence-electron chi connectivity index (χ4n) is 1.51. The normalized spacial score (nSPS) is 10.4. The van der Waals surface area contributed by atoms with Crippen LogP contribution in [0.2, 0.25) is 0 Å². The Labute approximate surface area is 116 Å². The quantitative estimate of drug-likeness (QED) is 0.865. The highest BCUT2D eigenvalue weighted by atomic mass is 79.9. The smallest absolute Gasteiger partial charge is 0.256 e. The molecule has 0 saturated carbocycles. The summed E-state index contributed by atoms with van der Waals surface area (Å²) in [5.74, 6) is -0.894. The van der Waals surface area contributed by atoms with E-state index in [1.54, 1.807) is 24.7 Å². The van der Waals surface area contributed by atoms with Gasteiger partial charge >= 0.3 is 0 Å². The third kappa shape index (κ3) is 2.76. The van der Waals surface area contributed by atoms with Gasteiger partial charge in [-0.15, -0.1) is 11.3 Å². The van der Waals surface area contributed by atoms with E-state index in [4.69, 9.17) is 0 Å². The molecule has 2 aromatic rings. The molecule has 1 aromatic heterocycles. The molecule has 0 unspecified atom stereocenters. The summed E-state index contributed by atoms with van der Waals surface area (Å²) in [6.45, 7) is 0.369. The van der Waals surface area contributed by atoms with Crippen LogP contribution in [-0.4, -0.2) is 22.8 Å². The largest absolute Gasteiger partial charge is 0.336 e. The van der Waals surface area contributed by atoms with Crippen LogP contribution in [0.5, 0.6) is 0 Å². The predicted molar refractivity (Wildman–Crippen MR) is 72.0 cm³/mol. The number of hydrogen-bond acceptors (Lipinski definition) is 3. The number of carbonyl (C=O) groups is 1. The minimum atomic E-state index is -0.535. The highest BCUT2D eigenvalue weighted by molar-refractivity contribution is 9.10. The van der Waals surface area contributed by atoms with Crippen molar-refractivity contribution in [3.63, 3.8) is 0 Å². The Balaban J connectivity index is 2.18. The summed E-state index contributed by atoms with van der Waals surface area (Å²) in [7, 11) is 1.63. The maximum atomic E-state index is 13.8. The summed E-state index contributed by atoms with van der Waals surface area (Å²) < 4.78 is 14.1. The van der Waals surface area contributed by atoms with E-state index >= 15 is 0 Å². The van der Waals surface area contributed by atoms with Gasteiger partial charge in [0, 0.05) is 12.4 Å². The third-order valence-electron chi connectivity index (χ3n) is 2.41. The molecule has 0 aliphatic rings. The van der Waals surface area contributed by atoms with Crippen LogP contribution in [-0.2, 0) is 6.54 Å². The Kier molecular flexibility index (Phi) is 4.08. The van der Waals surface area contributed by atoms with E-state index in [0.29, 0.717) is 6.54 Å². The SMILES string of the molecule is CN(Cc1cscn1)C(=O)c1cccc(Br)c1F. The fourth-order valence-corrected chi connectivity index (χ4v) is 2.42. The molecule has 2 rings (SSSR count). The van der Waals surface area contributed by atoms with Crippen molar-refractivity contribution < 1.29 is 9.18 Å². The number of amides is 1. The van der Waals surface area contributed by atoms with Crippen LogP contribution < -0.4 is 0 Å². The summed E-state index contributed by atoms with van der Waals surface area (Å²) >= 11 is 4.53. The first-order valence-electron chi connectivity index (χ1n) is 5.16. The zero-order valence-electron chi connectivity index (χ0n) is 9.56. The molecular formula is C12H10BrFN2OS. The van der Waals surface area contributed by atoms with Crippen molar-refractivity contribution in [2.24, 2.45) is 0 Å². The molecule has 18 heavy (non-hydrogen) atoms. The standard InChI is InChI=1S/C12H10BrFN2OS/c1-16(5-8-6-18-7-15-8)12(17)9-3-2-4-10(13)11(9)14/h2-4,6-7H,5H2,1H3. The van der Waals surface area contributed by atoms with E-state index < -0.39 is 5.82 Å². The van der Waals surface area contributed by atoms with Crippen molar-refractivity contribution >= 4 is 33.2 Å². The zero-order chi connectivity index (χ0) is 13.1. The Morgan fingerprint density at radius 2 is 2.33 bits per heavy atom. The molecule has 1 amide bonds. The van der Waals surface area contributed by atoms with E-state index in [0.717, 1.165) is 5.69 Å². The van der Waals surface area contributed by atoms with Crippen molar-refractivity contribution in [2.45, 2.75) is 6.54 Å². The second-order valence-electron chi connectivity index (χ2n) is 3.74. The van der Waals surface area contributed by atoms with Gasteiger partial charge in [0.2, 0.25) is 0 Å². The van der Waals surface area contributed by atoms with Crippen LogP contribution in [0.15, 0.2) is 33.6 Å². The van der Waals surface area contributed by atoms with Crippen LogP contribution in [0.25, 0.3) is 0 Å². The molecule has 6 heteroatoms. The van der Waals surface area contributed by atoms with Gasteiger partial charge in [0.25, 0.3) is 5.91 Å². The molecule has 0 N–H and O–H groups in total. The van der Waals surface area contributed by atoms with Crippen LogP contribution in [0, 0.1) is 5.82 Å². The third-order valence-corrected chi connectivity index (χ3v) is 3.66. The lowest BCUT2D eigenvalue weighted by Crippen LogP contribution is -2.27. The molecule has 3 nitrogen and oxygen atoms in total. The fraction of sp³-hybridized carbons (Fsp3) is 0.167. The van der Waals surface area contributed by atoms with Crippen molar-refractivity contribution in [3.8, 4) is 0 Å². The summed E-state index contributed by atoms with van der Waals surface area (Å²) in [6, 6.07) is 4.67. The molecular weight excluding hydrogens is 319 g/mol. The number of thiazole rings is 1. The zero-order valence-corrected chi connectivity index (χ0v) is 12.0. The Bertz CT molecular complexity index is 559. The van der Waals surface area contributed by atoms with Gasteiger partial charge in [0.15, 0.2) is 0 Å². The van der Waals surface area contributed by atoms with Crippen LogP contribution in [0.3, 0.4) is 0 Å². The lowest BCUT2D eigenvalue weighted by atomic mass is 10.2. The minimum Gasteiger partial charge on any atom is -0.336 e. The number of aromatic nitrogens is 1. The van der Waals surface area contributed by atoms with Gasteiger partial charge in [0.1, 0.15) is 5.82 Å². The predicted octanol–water partition coefficient (Wildman–Crippen LogP) is 3.32. The number of nitrogens with zero attached hydrogens (tertiary/aromatic N) is 2. The van der Waals surface area contributed by atoms with Crippen molar-refractivity contribution in [1.29, 1.82) is 0 Å². The van der Waals surface area contributed by atoms with Gasteiger partial charge < -0.3 is 4.90 Å². The van der Waals surface area contributed by atoms with E-state index in [-0.39, 0.29) is 15.9 Å². The summed E-state index contributed by atoms with van der Waals surface area (Å²) in [4.78, 5) is 17.6. The number of benzene rings is 1. The molecule has 0 spiro atoms. The number of hydrogen-bond donors (Lipinski definition) is 0. The minimum absolute atomic E-state index is 0.0575. The van der Waals surface area contributed by atoms with Gasteiger partial charge in [-0.25, -0.2) is 9.37 Å². The molecule has 0 aliphatic heterocycles. The molecule has 0 bridgehead atoms. The number of rotatable bonds is 3. The first kappa shape index (κ1) is 13.2. The molecule has 0 radical (unpaired) electrons. The van der Waals surface area contributed by atoms with Gasteiger partial charge in [-0.1, -0.05) is 6.07 Å². The Hall–Kier alpha value is -1.27. The van der Waals surface area contributed by atoms with Gasteiger partial charge in [-0.2, -0.15) is 0 Å². The van der Waals surface area contributed by atoms with Gasteiger partial charge in [-0.3, -0.25) is 4.79 Å². The molecule has 0 fully saturated rings. The molecule has 0 saturated heterocycles. The summed E-state index contributed by atoms with van der Waals surface area (Å²) in [5, 5.41) is 1.86. The maximum absolute atomic E-state index is 13.8. The van der Waals surface area contributed by atoms with E-state index in [1.807, 2.05) is 5.38 Å². The van der Waals surface area contributed by atoms with Crippen LogP contribution in [0.1, 0.15) is 16.1 Å². The van der Waals surface area contributed by atoms with Gasteiger partial charge in [0.05, 0.1) is 27.8 Å². The second kappa shape index (κ2) is 5.58. The van der Waals surface area contributed by atoms with E-state index in [9.17, 15) is 9.18 Å². The Morgan fingerprint density at radius 1 is 1.56 bits per heavy atom. The van der Waals surface area contributed by atoms with Crippen LogP contribution >= 0.6 is 27.3 Å². The second-order valence-corrected chi connectivity index (χ2v) is 5.32. The Morgan fingerprint density at radius 3 is 3.00 bits per heavy atom. The van der Waals surface area contributed by atoms with Crippen molar-refractivity contribution in [2.75, 3.05) is 7.05 Å². The monoisotopic (exact) mass is 328 g/mol. The number of carbonyl (C=O) groups excluding carboxylic acids is 1.